The molecule has 0 radical (unpaired) electrons. The van der Waals surface area contributed by atoms with Crippen LogP contribution in [0.3, 0.4) is 0 Å². The molecule has 1 saturated heterocycles. The van der Waals surface area contributed by atoms with Gasteiger partial charge in [0.15, 0.2) is 0 Å². The van der Waals surface area contributed by atoms with Gasteiger partial charge in [0.1, 0.15) is 5.69 Å². The SMILES string of the molecule is O=C(Nc1ccc(S(=O)(=O)N2CCCC2)cc1)c1cc2cccc(Cl)c2[nH]1. The van der Waals surface area contributed by atoms with E-state index >= 15 is 0 Å². The van der Waals surface area contributed by atoms with Crippen LogP contribution in [0, 0.1) is 0 Å². The van der Waals surface area contributed by atoms with Crippen LogP contribution in [0.15, 0.2) is 53.4 Å². The fraction of sp³-hybridized carbons (Fsp3) is 0.211. The summed E-state index contributed by atoms with van der Waals surface area (Å²) in [5.74, 6) is -0.322. The van der Waals surface area contributed by atoms with Crippen molar-refractivity contribution in [3.05, 3.63) is 59.2 Å². The summed E-state index contributed by atoms with van der Waals surface area (Å²) in [7, 11) is -3.46. The molecule has 6 nitrogen and oxygen atoms in total. The number of carbonyl (C=O) groups is 1. The van der Waals surface area contributed by atoms with E-state index in [2.05, 4.69) is 10.3 Å². The lowest BCUT2D eigenvalue weighted by molar-refractivity contribution is 0.102. The summed E-state index contributed by atoms with van der Waals surface area (Å²) in [5.41, 5.74) is 1.60. The number of sulfonamides is 1. The number of para-hydroxylation sites is 1. The zero-order chi connectivity index (χ0) is 19.0. The van der Waals surface area contributed by atoms with Gasteiger partial charge in [-0.15, -0.1) is 0 Å². The number of carbonyl (C=O) groups excluding carboxylic acids is 1. The largest absolute Gasteiger partial charge is 0.349 e. The number of rotatable bonds is 4. The first-order valence-corrected chi connectivity index (χ1v) is 10.5. The van der Waals surface area contributed by atoms with Crippen molar-refractivity contribution in [3.63, 3.8) is 0 Å². The van der Waals surface area contributed by atoms with Gasteiger partial charge in [0.05, 0.1) is 15.4 Å². The lowest BCUT2D eigenvalue weighted by Crippen LogP contribution is -2.27. The molecule has 1 aliphatic rings. The van der Waals surface area contributed by atoms with Gasteiger partial charge in [0.25, 0.3) is 5.91 Å². The highest BCUT2D eigenvalue weighted by Gasteiger charge is 2.27. The maximum Gasteiger partial charge on any atom is 0.272 e. The highest BCUT2D eigenvalue weighted by Crippen LogP contribution is 2.25. The Morgan fingerprint density at radius 3 is 2.44 bits per heavy atom. The Kier molecular flexibility index (Phi) is 4.67. The highest BCUT2D eigenvalue weighted by atomic mass is 35.5. The van der Waals surface area contributed by atoms with E-state index in [1.807, 2.05) is 12.1 Å². The Morgan fingerprint density at radius 2 is 1.78 bits per heavy atom. The van der Waals surface area contributed by atoms with Crippen LogP contribution in [0.25, 0.3) is 10.9 Å². The Labute approximate surface area is 162 Å². The van der Waals surface area contributed by atoms with E-state index in [4.69, 9.17) is 11.6 Å². The quantitative estimate of drug-likeness (QED) is 0.693. The number of H-pyrrole nitrogens is 1. The Balaban J connectivity index is 1.52. The number of hydrogen-bond acceptors (Lipinski definition) is 3. The molecule has 1 aliphatic heterocycles. The lowest BCUT2D eigenvalue weighted by atomic mass is 10.2. The van der Waals surface area contributed by atoms with E-state index in [0.29, 0.717) is 35.0 Å². The van der Waals surface area contributed by atoms with E-state index in [-0.39, 0.29) is 10.8 Å². The summed E-state index contributed by atoms with van der Waals surface area (Å²) in [4.78, 5) is 15.7. The summed E-state index contributed by atoms with van der Waals surface area (Å²) in [6, 6.07) is 13.4. The van der Waals surface area contributed by atoms with Crippen molar-refractivity contribution < 1.29 is 13.2 Å². The maximum atomic E-state index is 12.5. The van der Waals surface area contributed by atoms with Crippen molar-refractivity contribution in [2.45, 2.75) is 17.7 Å². The minimum absolute atomic E-state index is 0.236. The summed E-state index contributed by atoms with van der Waals surface area (Å²) in [5, 5.41) is 4.16. The normalized spacial score (nSPS) is 15.3. The molecule has 0 aliphatic carbocycles. The monoisotopic (exact) mass is 403 g/mol. The number of aromatic nitrogens is 1. The van der Waals surface area contributed by atoms with Gasteiger partial charge in [-0.25, -0.2) is 8.42 Å². The van der Waals surface area contributed by atoms with E-state index in [1.165, 1.54) is 16.4 Å². The number of nitrogens with one attached hydrogen (secondary N) is 2. The summed E-state index contributed by atoms with van der Waals surface area (Å²) in [6.45, 7) is 1.12. The number of nitrogens with zero attached hydrogens (tertiary/aromatic N) is 1. The standard InChI is InChI=1S/C19H18ClN3O3S/c20-16-5-3-4-13-12-17(22-18(13)16)19(24)21-14-6-8-15(9-7-14)27(25,26)23-10-1-2-11-23/h3-9,12,22H,1-2,10-11H2,(H,21,24). The molecule has 0 spiro atoms. The van der Waals surface area contributed by atoms with E-state index in [1.54, 1.807) is 24.3 Å². The predicted molar refractivity (Wildman–Crippen MR) is 106 cm³/mol. The zero-order valence-corrected chi connectivity index (χ0v) is 16.0. The van der Waals surface area contributed by atoms with Crippen LogP contribution in [0.5, 0.6) is 0 Å². The second-order valence-electron chi connectivity index (χ2n) is 6.48. The van der Waals surface area contributed by atoms with Crippen LogP contribution in [-0.2, 0) is 10.0 Å². The second kappa shape index (κ2) is 6.99. The first kappa shape index (κ1) is 18.0. The van der Waals surface area contributed by atoms with Crippen molar-refractivity contribution in [3.8, 4) is 0 Å². The number of hydrogen-bond donors (Lipinski definition) is 2. The molecule has 140 valence electrons. The molecule has 0 atom stereocenters. The molecule has 0 saturated carbocycles. The van der Waals surface area contributed by atoms with Gasteiger partial charge < -0.3 is 10.3 Å². The van der Waals surface area contributed by atoms with Gasteiger partial charge in [-0.3, -0.25) is 4.79 Å². The number of amides is 1. The molecule has 2 aromatic carbocycles. The van der Waals surface area contributed by atoms with Crippen LogP contribution in [-0.4, -0.2) is 36.7 Å². The van der Waals surface area contributed by atoms with E-state index < -0.39 is 10.0 Å². The van der Waals surface area contributed by atoms with Gasteiger partial charge in [0.2, 0.25) is 10.0 Å². The van der Waals surface area contributed by atoms with Crippen LogP contribution in [0.1, 0.15) is 23.3 Å². The van der Waals surface area contributed by atoms with Gasteiger partial charge in [0, 0.05) is 24.2 Å². The summed E-state index contributed by atoms with van der Waals surface area (Å²) < 4.78 is 26.6. The summed E-state index contributed by atoms with van der Waals surface area (Å²) >= 11 is 6.13. The third-order valence-corrected chi connectivity index (χ3v) is 6.89. The average molecular weight is 404 g/mol. The van der Waals surface area contributed by atoms with Gasteiger partial charge >= 0.3 is 0 Å². The molecule has 1 aromatic heterocycles. The predicted octanol–water partition coefficient (Wildman–Crippen LogP) is 3.86. The molecular weight excluding hydrogens is 386 g/mol. The Bertz CT molecular complexity index is 1100. The number of fused-ring (bicyclic) bond motifs is 1. The van der Waals surface area contributed by atoms with E-state index in [0.717, 1.165) is 18.2 Å². The molecule has 4 rings (SSSR count). The Hall–Kier alpha value is -2.35. The third kappa shape index (κ3) is 3.45. The molecule has 2 N–H and O–H groups in total. The molecule has 2 heterocycles. The maximum absolute atomic E-state index is 12.5. The second-order valence-corrected chi connectivity index (χ2v) is 8.82. The number of anilines is 1. The molecule has 1 fully saturated rings. The van der Waals surface area contributed by atoms with Crippen molar-refractivity contribution >= 4 is 44.1 Å². The average Bonchev–Trinajstić information content (AvgIpc) is 3.33. The molecule has 1 amide bonds. The van der Waals surface area contributed by atoms with Gasteiger partial charge in [-0.2, -0.15) is 4.31 Å². The van der Waals surface area contributed by atoms with Crippen molar-refractivity contribution in [1.29, 1.82) is 0 Å². The van der Waals surface area contributed by atoms with Crippen molar-refractivity contribution in [1.82, 2.24) is 9.29 Å². The fourth-order valence-corrected chi connectivity index (χ4v) is 4.97. The topological polar surface area (TPSA) is 82.3 Å². The zero-order valence-electron chi connectivity index (χ0n) is 14.4. The first-order valence-electron chi connectivity index (χ1n) is 8.64. The first-order chi connectivity index (χ1) is 12.9. The van der Waals surface area contributed by atoms with E-state index in [9.17, 15) is 13.2 Å². The lowest BCUT2D eigenvalue weighted by Gasteiger charge is -2.15. The number of benzene rings is 2. The molecule has 0 unspecified atom stereocenters. The summed E-state index contributed by atoms with van der Waals surface area (Å²) in [6.07, 6.45) is 1.78. The minimum atomic E-state index is -3.46. The number of halogens is 1. The fourth-order valence-electron chi connectivity index (χ4n) is 3.23. The van der Waals surface area contributed by atoms with Crippen LogP contribution in [0.2, 0.25) is 5.02 Å². The minimum Gasteiger partial charge on any atom is -0.349 e. The third-order valence-electron chi connectivity index (χ3n) is 4.66. The number of aromatic amines is 1. The van der Waals surface area contributed by atoms with Crippen molar-refractivity contribution in [2.75, 3.05) is 18.4 Å². The van der Waals surface area contributed by atoms with Crippen LogP contribution >= 0.6 is 11.6 Å². The highest BCUT2D eigenvalue weighted by molar-refractivity contribution is 7.89. The molecule has 8 heteroatoms. The van der Waals surface area contributed by atoms with Crippen molar-refractivity contribution in [2.24, 2.45) is 0 Å². The Morgan fingerprint density at radius 1 is 1.07 bits per heavy atom. The van der Waals surface area contributed by atoms with Crippen LogP contribution in [0.4, 0.5) is 5.69 Å². The van der Waals surface area contributed by atoms with Gasteiger partial charge in [-0.05, 0) is 49.2 Å². The molecule has 0 bridgehead atoms. The molecule has 3 aromatic rings. The smallest absolute Gasteiger partial charge is 0.272 e. The van der Waals surface area contributed by atoms with Crippen LogP contribution < -0.4 is 5.32 Å². The molecular formula is C19H18ClN3O3S. The molecule has 27 heavy (non-hydrogen) atoms. The van der Waals surface area contributed by atoms with Gasteiger partial charge in [-0.1, -0.05) is 23.7 Å².